The van der Waals surface area contributed by atoms with Crippen LogP contribution in [0.3, 0.4) is 0 Å². The molecule has 3 aromatic rings. The van der Waals surface area contributed by atoms with Crippen molar-refractivity contribution in [3.63, 3.8) is 0 Å². The Morgan fingerprint density at radius 1 is 1.12 bits per heavy atom. The van der Waals surface area contributed by atoms with Crippen LogP contribution in [0, 0.1) is 0 Å². The predicted molar refractivity (Wildman–Crippen MR) is 105 cm³/mol. The Morgan fingerprint density at radius 3 is 2.77 bits per heavy atom. The number of nitrogens with one attached hydrogen (secondary N) is 3. The Hall–Kier alpha value is -2.79. The van der Waals surface area contributed by atoms with Crippen molar-refractivity contribution in [1.82, 2.24) is 4.98 Å². The summed E-state index contributed by atoms with van der Waals surface area (Å²) in [6.45, 7) is 2.38. The van der Waals surface area contributed by atoms with Crippen LogP contribution in [0.25, 0.3) is 10.9 Å². The largest absolute Gasteiger partial charge is 0.381 e. The normalized spacial score (nSPS) is 15.8. The van der Waals surface area contributed by atoms with Gasteiger partial charge in [-0.05, 0) is 54.4 Å². The van der Waals surface area contributed by atoms with E-state index >= 15 is 0 Å². The summed E-state index contributed by atoms with van der Waals surface area (Å²) in [6.07, 6.45) is 0.757. The average molecular weight is 368 g/mol. The molecule has 0 bridgehead atoms. The number of fused-ring (bicyclic) bond motifs is 2. The van der Waals surface area contributed by atoms with Gasteiger partial charge in [-0.15, -0.1) is 0 Å². The van der Waals surface area contributed by atoms with Crippen LogP contribution >= 0.6 is 11.6 Å². The molecule has 2 heterocycles. The molecule has 2 aromatic carbocycles. The van der Waals surface area contributed by atoms with Crippen LogP contribution in [0.1, 0.15) is 30.4 Å². The van der Waals surface area contributed by atoms with E-state index in [1.807, 2.05) is 37.3 Å². The van der Waals surface area contributed by atoms with Crippen LogP contribution in [-0.2, 0) is 11.3 Å². The second-order valence-electron chi connectivity index (χ2n) is 6.46. The third kappa shape index (κ3) is 2.95. The van der Waals surface area contributed by atoms with Crippen molar-refractivity contribution in [3.8, 4) is 0 Å². The van der Waals surface area contributed by atoms with Crippen molar-refractivity contribution in [1.29, 1.82) is 0 Å². The highest BCUT2D eigenvalue weighted by Gasteiger charge is 2.28. The first-order chi connectivity index (χ1) is 12.5. The quantitative estimate of drug-likeness (QED) is 0.645. The fourth-order valence-corrected chi connectivity index (χ4v) is 3.57. The SMILES string of the molecule is CC[C@@H]1C(=O)Nc2ccc(NCc3cc4cc(Cl)ccc4[nH]c3=O)cc21. The molecule has 1 aliphatic rings. The molecule has 0 aliphatic carbocycles. The van der Waals surface area contributed by atoms with Gasteiger partial charge in [0.05, 0.1) is 5.92 Å². The maximum absolute atomic E-state index is 12.3. The van der Waals surface area contributed by atoms with E-state index in [-0.39, 0.29) is 17.4 Å². The van der Waals surface area contributed by atoms with Gasteiger partial charge in [-0.25, -0.2) is 0 Å². The van der Waals surface area contributed by atoms with Crippen LogP contribution in [0.5, 0.6) is 0 Å². The van der Waals surface area contributed by atoms with Gasteiger partial charge in [0.25, 0.3) is 5.56 Å². The lowest BCUT2D eigenvalue weighted by atomic mass is 9.98. The topological polar surface area (TPSA) is 74.0 Å². The van der Waals surface area contributed by atoms with Crippen molar-refractivity contribution in [2.24, 2.45) is 0 Å². The van der Waals surface area contributed by atoms with Crippen LogP contribution < -0.4 is 16.2 Å². The summed E-state index contributed by atoms with van der Waals surface area (Å²) >= 11 is 6.04. The van der Waals surface area contributed by atoms with Crippen molar-refractivity contribution >= 4 is 39.8 Å². The van der Waals surface area contributed by atoms with E-state index < -0.39 is 0 Å². The summed E-state index contributed by atoms with van der Waals surface area (Å²) in [5.74, 6) is -0.0690. The summed E-state index contributed by atoms with van der Waals surface area (Å²) in [6, 6.07) is 13.0. The number of anilines is 2. The maximum Gasteiger partial charge on any atom is 0.253 e. The molecule has 0 saturated carbocycles. The van der Waals surface area contributed by atoms with Gasteiger partial charge in [0.2, 0.25) is 5.91 Å². The minimum Gasteiger partial charge on any atom is -0.381 e. The van der Waals surface area contributed by atoms with E-state index in [2.05, 4.69) is 15.6 Å². The lowest BCUT2D eigenvalue weighted by Gasteiger charge is -2.10. The molecule has 1 aliphatic heterocycles. The number of carbonyl (C=O) groups excluding carboxylic acids is 1. The number of rotatable bonds is 4. The van der Waals surface area contributed by atoms with E-state index in [4.69, 9.17) is 11.6 Å². The molecule has 0 unspecified atom stereocenters. The molecule has 0 saturated heterocycles. The van der Waals surface area contributed by atoms with Gasteiger partial charge in [0.15, 0.2) is 0 Å². The van der Waals surface area contributed by atoms with E-state index in [0.29, 0.717) is 17.1 Å². The first-order valence-corrected chi connectivity index (χ1v) is 8.93. The molecular weight excluding hydrogens is 350 g/mol. The highest BCUT2D eigenvalue weighted by molar-refractivity contribution is 6.31. The summed E-state index contributed by atoms with van der Waals surface area (Å²) in [4.78, 5) is 27.1. The zero-order valence-corrected chi connectivity index (χ0v) is 15.0. The van der Waals surface area contributed by atoms with E-state index in [1.165, 1.54) is 0 Å². The van der Waals surface area contributed by atoms with Gasteiger partial charge >= 0.3 is 0 Å². The Morgan fingerprint density at radius 2 is 1.96 bits per heavy atom. The molecule has 1 atom stereocenters. The Kier molecular flexibility index (Phi) is 4.17. The van der Waals surface area contributed by atoms with E-state index in [1.54, 1.807) is 12.1 Å². The van der Waals surface area contributed by atoms with Gasteiger partial charge in [-0.1, -0.05) is 18.5 Å². The highest BCUT2D eigenvalue weighted by atomic mass is 35.5. The molecule has 5 nitrogen and oxygen atoms in total. The fourth-order valence-electron chi connectivity index (χ4n) is 3.39. The second-order valence-corrected chi connectivity index (χ2v) is 6.90. The summed E-state index contributed by atoms with van der Waals surface area (Å²) in [5.41, 5.74) is 4.01. The van der Waals surface area contributed by atoms with Crippen LogP contribution in [0.2, 0.25) is 5.02 Å². The molecule has 1 aromatic heterocycles. The van der Waals surface area contributed by atoms with Gasteiger partial charge < -0.3 is 15.6 Å². The number of aromatic nitrogens is 1. The number of hydrogen-bond donors (Lipinski definition) is 3. The number of amides is 1. The fraction of sp³-hybridized carbons (Fsp3) is 0.200. The smallest absolute Gasteiger partial charge is 0.253 e. The number of halogens is 1. The molecule has 0 radical (unpaired) electrons. The number of hydrogen-bond acceptors (Lipinski definition) is 3. The minimum absolute atomic E-state index is 0.0440. The second kappa shape index (κ2) is 6.50. The van der Waals surface area contributed by atoms with Gasteiger partial charge in [-0.2, -0.15) is 0 Å². The molecule has 6 heteroatoms. The number of H-pyrrole nitrogens is 1. The number of pyridine rings is 1. The lowest BCUT2D eigenvalue weighted by Crippen LogP contribution is -2.15. The molecule has 132 valence electrons. The predicted octanol–water partition coefficient (Wildman–Crippen LogP) is 4.24. The van der Waals surface area contributed by atoms with Gasteiger partial charge in [0.1, 0.15) is 0 Å². The Balaban J connectivity index is 1.59. The van der Waals surface area contributed by atoms with Crippen molar-refractivity contribution in [3.05, 3.63) is 69.0 Å². The summed E-state index contributed by atoms with van der Waals surface area (Å²) in [5, 5.41) is 7.70. The molecule has 26 heavy (non-hydrogen) atoms. The highest BCUT2D eigenvalue weighted by Crippen LogP contribution is 2.36. The van der Waals surface area contributed by atoms with E-state index in [0.717, 1.165) is 34.3 Å². The zero-order valence-electron chi connectivity index (χ0n) is 14.2. The molecule has 3 N–H and O–H groups in total. The molecule has 4 rings (SSSR count). The van der Waals surface area contributed by atoms with Crippen molar-refractivity contribution < 1.29 is 4.79 Å². The number of benzene rings is 2. The van der Waals surface area contributed by atoms with Crippen molar-refractivity contribution in [2.45, 2.75) is 25.8 Å². The first kappa shape index (κ1) is 16.7. The van der Waals surface area contributed by atoms with Crippen LogP contribution in [-0.4, -0.2) is 10.9 Å². The number of aromatic amines is 1. The zero-order chi connectivity index (χ0) is 18.3. The summed E-state index contributed by atoms with van der Waals surface area (Å²) < 4.78 is 0. The minimum atomic E-state index is -0.128. The average Bonchev–Trinajstić information content (AvgIpc) is 2.94. The molecular formula is C20H18ClN3O2. The molecule has 1 amide bonds. The van der Waals surface area contributed by atoms with Gasteiger partial charge in [0, 0.05) is 39.4 Å². The van der Waals surface area contributed by atoms with Gasteiger partial charge in [-0.3, -0.25) is 9.59 Å². The Labute approximate surface area is 155 Å². The number of carbonyl (C=O) groups is 1. The van der Waals surface area contributed by atoms with Crippen LogP contribution in [0.15, 0.2) is 47.3 Å². The molecule has 0 fully saturated rings. The Bertz CT molecular complexity index is 1070. The third-order valence-electron chi connectivity index (χ3n) is 4.78. The van der Waals surface area contributed by atoms with E-state index in [9.17, 15) is 9.59 Å². The first-order valence-electron chi connectivity index (χ1n) is 8.55. The van der Waals surface area contributed by atoms with Crippen molar-refractivity contribution in [2.75, 3.05) is 10.6 Å². The van der Waals surface area contributed by atoms with Crippen LogP contribution in [0.4, 0.5) is 11.4 Å². The molecule has 0 spiro atoms. The maximum atomic E-state index is 12.3. The third-order valence-corrected chi connectivity index (χ3v) is 5.01. The monoisotopic (exact) mass is 367 g/mol. The summed E-state index contributed by atoms with van der Waals surface area (Å²) in [7, 11) is 0. The standard InChI is InChI=1S/C20H18ClN3O2/c1-2-15-16-9-14(4-6-18(16)24-20(15)26)22-10-12-7-11-8-13(21)3-5-17(11)23-19(12)25/h3-9,15,22H,2,10H2,1H3,(H,23,25)(H,24,26)/t15-/m0/s1. The lowest BCUT2D eigenvalue weighted by molar-refractivity contribution is -0.117.